The third-order valence-electron chi connectivity index (χ3n) is 2.84. The van der Waals surface area contributed by atoms with Crippen molar-refractivity contribution in [1.29, 1.82) is 0 Å². The van der Waals surface area contributed by atoms with E-state index in [1.54, 1.807) is 6.26 Å². The summed E-state index contributed by atoms with van der Waals surface area (Å²) >= 11 is 0. The molecule has 0 saturated heterocycles. The molecule has 0 radical (unpaired) electrons. The molecule has 0 aromatic carbocycles. The molecule has 0 fully saturated rings. The Hall–Kier alpha value is -0.800. The molecule has 1 N–H and O–H groups in total. The zero-order valence-corrected chi connectivity index (χ0v) is 10.7. The predicted molar refractivity (Wildman–Crippen MR) is 65.3 cm³/mol. The van der Waals surface area contributed by atoms with Crippen LogP contribution in [-0.2, 0) is 11.3 Å². The van der Waals surface area contributed by atoms with Gasteiger partial charge in [-0.2, -0.15) is 0 Å². The van der Waals surface area contributed by atoms with Crippen LogP contribution in [0, 0.1) is 0 Å². The minimum atomic E-state index is 0.183. The van der Waals surface area contributed by atoms with Gasteiger partial charge in [0.2, 0.25) is 0 Å². The molecule has 0 aliphatic carbocycles. The lowest BCUT2D eigenvalue weighted by Gasteiger charge is -2.26. The Labute approximate surface area is 98.2 Å². The molecule has 1 aromatic heterocycles. The summed E-state index contributed by atoms with van der Waals surface area (Å²) in [5.74, 6) is 0.876. The maximum Gasteiger partial charge on any atom is 0.129 e. The maximum absolute atomic E-state index is 5.67. The van der Waals surface area contributed by atoms with Crippen molar-refractivity contribution in [3.8, 4) is 0 Å². The van der Waals surface area contributed by atoms with Crippen LogP contribution < -0.4 is 5.32 Å². The molecule has 0 amide bonds. The summed E-state index contributed by atoms with van der Waals surface area (Å²) in [6, 6.07) is 3.80. The van der Waals surface area contributed by atoms with Gasteiger partial charge in [-0.25, -0.2) is 0 Å². The van der Waals surface area contributed by atoms with Crippen LogP contribution in [0.3, 0.4) is 0 Å². The van der Waals surface area contributed by atoms with Crippen LogP contribution >= 0.6 is 0 Å². The van der Waals surface area contributed by atoms with E-state index in [2.05, 4.69) is 33.0 Å². The van der Waals surface area contributed by atoms with Crippen molar-refractivity contribution in [3.05, 3.63) is 24.2 Å². The van der Waals surface area contributed by atoms with E-state index in [1.807, 2.05) is 12.1 Å². The third kappa shape index (κ3) is 4.81. The van der Waals surface area contributed by atoms with Crippen LogP contribution in [0.4, 0.5) is 0 Å². The van der Waals surface area contributed by atoms with Crippen LogP contribution in [0.1, 0.15) is 39.9 Å². The van der Waals surface area contributed by atoms with Gasteiger partial charge in [-0.15, -0.1) is 0 Å². The average molecular weight is 225 g/mol. The van der Waals surface area contributed by atoms with E-state index in [0.29, 0.717) is 6.61 Å². The SMILES string of the molecule is CCC(C)(C)NCC(C)OCc1ccco1. The van der Waals surface area contributed by atoms with E-state index in [-0.39, 0.29) is 11.6 Å². The van der Waals surface area contributed by atoms with E-state index in [0.717, 1.165) is 18.7 Å². The minimum Gasteiger partial charge on any atom is -0.467 e. The molecule has 1 atom stereocenters. The van der Waals surface area contributed by atoms with Gasteiger partial charge in [0.15, 0.2) is 0 Å². The predicted octanol–water partition coefficient (Wildman–Crippen LogP) is 2.96. The Kier molecular flexibility index (Phi) is 5.03. The molecule has 1 rings (SSSR count). The van der Waals surface area contributed by atoms with Crippen molar-refractivity contribution < 1.29 is 9.15 Å². The zero-order chi connectivity index (χ0) is 12.0. The molecule has 92 valence electrons. The Morgan fingerprint density at radius 2 is 2.25 bits per heavy atom. The maximum atomic E-state index is 5.67. The summed E-state index contributed by atoms with van der Waals surface area (Å²) < 4.78 is 10.9. The van der Waals surface area contributed by atoms with E-state index in [4.69, 9.17) is 9.15 Å². The van der Waals surface area contributed by atoms with Gasteiger partial charge in [0.1, 0.15) is 12.4 Å². The molecule has 16 heavy (non-hydrogen) atoms. The lowest BCUT2D eigenvalue weighted by Crippen LogP contribution is -2.42. The van der Waals surface area contributed by atoms with Crippen molar-refractivity contribution in [1.82, 2.24) is 5.32 Å². The molecule has 1 heterocycles. The fourth-order valence-electron chi connectivity index (χ4n) is 1.22. The highest BCUT2D eigenvalue weighted by molar-refractivity contribution is 4.96. The summed E-state index contributed by atoms with van der Waals surface area (Å²) in [4.78, 5) is 0. The standard InChI is InChI=1S/C13H23NO2/c1-5-13(3,4)14-9-11(2)16-10-12-7-6-8-15-12/h6-8,11,14H,5,9-10H2,1-4H3. The molecular weight excluding hydrogens is 202 g/mol. The van der Waals surface area contributed by atoms with Crippen molar-refractivity contribution >= 4 is 0 Å². The topological polar surface area (TPSA) is 34.4 Å². The molecule has 0 aliphatic heterocycles. The van der Waals surface area contributed by atoms with Gasteiger partial charge >= 0.3 is 0 Å². The average Bonchev–Trinajstić information content (AvgIpc) is 2.76. The van der Waals surface area contributed by atoms with Crippen LogP contribution in [0.25, 0.3) is 0 Å². The molecule has 0 spiro atoms. The molecule has 0 aliphatic rings. The minimum absolute atomic E-state index is 0.183. The van der Waals surface area contributed by atoms with Crippen LogP contribution in [0.15, 0.2) is 22.8 Å². The molecule has 3 heteroatoms. The normalized spacial score (nSPS) is 14.0. The Balaban J connectivity index is 2.18. The summed E-state index contributed by atoms with van der Waals surface area (Å²) in [5.41, 5.74) is 0.183. The lowest BCUT2D eigenvalue weighted by molar-refractivity contribution is 0.0385. The van der Waals surface area contributed by atoms with E-state index < -0.39 is 0 Å². The fraction of sp³-hybridized carbons (Fsp3) is 0.692. The van der Waals surface area contributed by atoms with E-state index in [1.165, 1.54) is 0 Å². The summed E-state index contributed by atoms with van der Waals surface area (Å²) in [7, 11) is 0. The second-order valence-corrected chi connectivity index (χ2v) is 4.82. The highest BCUT2D eigenvalue weighted by Crippen LogP contribution is 2.08. The van der Waals surface area contributed by atoms with Gasteiger partial charge in [0.25, 0.3) is 0 Å². The number of rotatable bonds is 7. The summed E-state index contributed by atoms with van der Waals surface area (Å²) in [6.07, 6.45) is 2.97. The molecular formula is C13H23NO2. The number of nitrogens with one attached hydrogen (secondary N) is 1. The Morgan fingerprint density at radius 3 is 2.81 bits per heavy atom. The molecule has 3 nitrogen and oxygen atoms in total. The van der Waals surface area contributed by atoms with Gasteiger partial charge in [-0.05, 0) is 39.3 Å². The van der Waals surface area contributed by atoms with Crippen LogP contribution in [-0.4, -0.2) is 18.2 Å². The third-order valence-corrected chi connectivity index (χ3v) is 2.84. The van der Waals surface area contributed by atoms with Crippen molar-refractivity contribution in [2.75, 3.05) is 6.54 Å². The van der Waals surface area contributed by atoms with Crippen molar-refractivity contribution in [2.45, 2.75) is 52.4 Å². The number of hydrogen-bond acceptors (Lipinski definition) is 3. The Bertz CT molecular complexity index is 280. The van der Waals surface area contributed by atoms with Crippen LogP contribution in [0.5, 0.6) is 0 Å². The second kappa shape index (κ2) is 6.06. The van der Waals surface area contributed by atoms with Gasteiger partial charge in [-0.1, -0.05) is 6.92 Å². The van der Waals surface area contributed by atoms with Gasteiger partial charge in [0, 0.05) is 12.1 Å². The fourth-order valence-corrected chi connectivity index (χ4v) is 1.22. The quantitative estimate of drug-likeness (QED) is 0.774. The number of hydrogen-bond donors (Lipinski definition) is 1. The molecule has 0 saturated carbocycles. The largest absolute Gasteiger partial charge is 0.467 e. The first-order valence-electron chi connectivity index (χ1n) is 5.92. The van der Waals surface area contributed by atoms with E-state index in [9.17, 15) is 0 Å². The smallest absolute Gasteiger partial charge is 0.129 e. The van der Waals surface area contributed by atoms with Gasteiger partial charge in [0.05, 0.1) is 12.4 Å². The zero-order valence-electron chi connectivity index (χ0n) is 10.7. The van der Waals surface area contributed by atoms with Gasteiger partial charge < -0.3 is 14.5 Å². The second-order valence-electron chi connectivity index (χ2n) is 4.82. The van der Waals surface area contributed by atoms with E-state index >= 15 is 0 Å². The Morgan fingerprint density at radius 1 is 1.50 bits per heavy atom. The molecule has 1 unspecified atom stereocenters. The first-order chi connectivity index (χ1) is 7.53. The molecule has 1 aromatic rings. The highest BCUT2D eigenvalue weighted by Gasteiger charge is 2.15. The summed E-state index contributed by atoms with van der Waals surface area (Å²) in [6.45, 7) is 10.1. The first-order valence-corrected chi connectivity index (χ1v) is 5.92. The highest BCUT2D eigenvalue weighted by atomic mass is 16.5. The monoisotopic (exact) mass is 225 g/mol. The van der Waals surface area contributed by atoms with Crippen molar-refractivity contribution in [2.24, 2.45) is 0 Å². The lowest BCUT2D eigenvalue weighted by atomic mass is 10.0. The van der Waals surface area contributed by atoms with Gasteiger partial charge in [-0.3, -0.25) is 0 Å². The van der Waals surface area contributed by atoms with Crippen molar-refractivity contribution in [3.63, 3.8) is 0 Å². The molecule has 0 bridgehead atoms. The number of ether oxygens (including phenoxy) is 1. The first kappa shape index (κ1) is 13.3. The summed E-state index contributed by atoms with van der Waals surface area (Å²) in [5, 5.41) is 3.48. The number of furan rings is 1. The van der Waals surface area contributed by atoms with Crippen LogP contribution in [0.2, 0.25) is 0 Å².